The van der Waals surface area contributed by atoms with Crippen molar-refractivity contribution in [1.82, 2.24) is 14.9 Å². The molecule has 4 nitrogen and oxygen atoms in total. The van der Waals surface area contributed by atoms with E-state index in [1.54, 1.807) is 18.5 Å². The van der Waals surface area contributed by atoms with E-state index >= 15 is 0 Å². The molecule has 0 unspecified atom stereocenters. The molecule has 19 heavy (non-hydrogen) atoms. The highest BCUT2D eigenvalue weighted by molar-refractivity contribution is 5.29. The van der Waals surface area contributed by atoms with E-state index in [1.807, 2.05) is 12.1 Å². The third-order valence-electron chi connectivity index (χ3n) is 2.75. The number of ether oxygens (including phenoxy) is 1. The molecule has 0 aliphatic rings. The maximum Gasteiger partial charge on any atom is 0.321 e. The zero-order valence-corrected chi connectivity index (χ0v) is 11.4. The van der Waals surface area contributed by atoms with Gasteiger partial charge in [0.05, 0.1) is 0 Å². The van der Waals surface area contributed by atoms with Crippen molar-refractivity contribution in [3.8, 4) is 11.8 Å². The molecule has 0 radical (unpaired) electrons. The molecule has 0 bridgehead atoms. The minimum atomic E-state index is 0.378. The summed E-state index contributed by atoms with van der Waals surface area (Å²) in [5.74, 6) is 0.766. The molecule has 1 heterocycles. The Kier molecular flexibility index (Phi) is 4.86. The second-order valence-corrected chi connectivity index (χ2v) is 4.68. The first kappa shape index (κ1) is 13.5. The van der Waals surface area contributed by atoms with Crippen molar-refractivity contribution >= 4 is 0 Å². The lowest BCUT2D eigenvalue weighted by Crippen LogP contribution is -2.13. The van der Waals surface area contributed by atoms with Crippen LogP contribution in [0, 0.1) is 0 Å². The molecule has 4 heteroatoms. The minimum Gasteiger partial charge on any atom is -0.424 e. The van der Waals surface area contributed by atoms with Gasteiger partial charge in [0.1, 0.15) is 5.75 Å². The van der Waals surface area contributed by atoms with Gasteiger partial charge >= 0.3 is 6.01 Å². The van der Waals surface area contributed by atoms with Gasteiger partial charge in [-0.1, -0.05) is 12.1 Å². The fraction of sp³-hybridized carbons (Fsp3) is 0.333. The Labute approximate surface area is 114 Å². The lowest BCUT2D eigenvalue weighted by Gasteiger charge is -2.09. The predicted molar refractivity (Wildman–Crippen MR) is 75.4 cm³/mol. The van der Waals surface area contributed by atoms with Gasteiger partial charge in [-0.2, -0.15) is 0 Å². The largest absolute Gasteiger partial charge is 0.424 e. The van der Waals surface area contributed by atoms with Gasteiger partial charge in [-0.25, -0.2) is 9.97 Å². The van der Waals surface area contributed by atoms with E-state index in [2.05, 4.69) is 41.1 Å². The molecule has 0 spiro atoms. The first-order valence-corrected chi connectivity index (χ1v) is 6.42. The van der Waals surface area contributed by atoms with Crippen LogP contribution in [0.2, 0.25) is 0 Å². The van der Waals surface area contributed by atoms with Gasteiger partial charge in [0.25, 0.3) is 0 Å². The molecule has 1 aromatic carbocycles. The highest BCUT2D eigenvalue weighted by atomic mass is 16.5. The van der Waals surface area contributed by atoms with E-state index in [1.165, 1.54) is 5.56 Å². The summed E-state index contributed by atoms with van der Waals surface area (Å²) >= 11 is 0. The molecule has 0 amide bonds. The fourth-order valence-corrected chi connectivity index (χ4v) is 1.77. The second kappa shape index (κ2) is 6.85. The molecule has 2 rings (SSSR count). The number of aryl methyl sites for hydroxylation is 1. The van der Waals surface area contributed by atoms with Crippen molar-refractivity contribution in [2.24, 2.45) is 0 Å². The highest BCUT2D eigenvalue weighted by Crippen LogP contribution is 2.18. The smallest absolute Gasteiger partial charge is 0.321 e. The van der Waals surface area contributed by atoms with Crippen LogP contribution >= 0.6 is 0 Å². The van der Waals surface area contributed by atoms with Crippen LogP contribution in [0.25, 0.3) is 0 Å². The number of rotatable bonds is 6. The quantitative estimate of drug-likeness (QED) is 0.797. The van der Waals surface area contributed by atoms with Crippen molar-refractivity contribution in [1.29, 1.82) is 0 Å². The molecule has 0 aliphatic heterocycles. The molecule has 0 saturated carbocycles. The van der Waals surface area contributed by atoms with E-state index in [0.29, 0.717) is 6.01 Å². The number of aromatic nitrogens is 2. The summed E-state index contributed by atoms with van der Waals surface area (Å²) < 4.78 is 5.55. The summed E-state index contributed by atoms with van der Waals surface area (Å²) in [4.78, 5) is 10.3. The lowest BCUT2D eigenvalue weighted by atomic mass is 10.1. The fourth-order valence-electron chi connectivity index (χ4n) is 1.77. The van der Waals surface area contributed by atoms with E-state index < -0.39 is 0 Å². The average Bonchev–Trinajstić information content (AvgIpc) is 2.42. The van der Waals surface area contributed by atoms with Crippen molar-refractivity contribution in [2.45, 2.75) is 12.8 Å². The Balaban J connectivity index is 1.88. The minimum absolute atomic E-state index is 0.378. The van der Waals surface area contributed by atoms with Crippen LogP contribution in [0.3, 0.4) is 0 Å². The van der Waals surface area contributed by atoms with Gasteiger partial charge < -0.3 is 9.64 Å². The molecule has 1 aromatic heterocycles. The van der Waals surface area contributed by atoms with Gasteiger partial charge in [-0.05, 0) is 57.2 Å². The molecule has 0 atom stereocenters. The van der Waals surface area contributed by atoms with Crippen LogP contribution in [-0.4, -0.2) is 35.5 Å². The Bertz CT molecular complexity index is 483. The lowest BCUT2D eigenvalue weighted by molar-refractivity contribution is 0.400. The molecule has 2 aromatic rings. The Morgan fingerprint density at radius 3 is 2.37 bits per heavy atom. The third-order valence-corrected chi connectivity index (χ3v) is 2.75. The summed E-state index contributed by atoms with van der Waals surface area (Å²) in [6, 6.07) is 10.2. The number of nitrogens with zero attached hydrogens (tertiary/aromatic N) is 3. The predicted octanol–water partition coefficient (Wildman–Crippen LogP) is 2.76. The highest BCUT2D eigenvalue weighted by Gasteiger charge is 2.00. The van der Waals surface area contributed by atoms with Crippen molar-refractivity contribution in [2.75, 3.05) is 20.6 Å². The molecular weight excluding hydrogens is 238 g/mol. The molecule has 0 N–H and O–H groups in total. The van der Waals surface area contributed by atoms with Crippen LogP contribution in [0.5, 0.6) is 11.8 Å². The Morgan fingerprint density at radius 2 is 1.74 bits per heavy atom. The van der Waals surface area contributed by atoms with Crippen LogP contribution in [0.15, 0.2) is 42.7 Å². The van der Waals surface area contributed by atoms with E-state index in [4.69, 9.17) is 4.74 Å². The number of hydrogen-bond donors (Lipinski definition) is 0. The summed E-state index contributed by atoms with van der Waals surface area (Å²) in [6.07, 6.45) is 5.57. The van der Waals surface area contributed by atoms with E-state index in [9.17, 15) is 0 Å². The van der Waals surface area contributed by atoms with Crippen molar-refractivity contribution < 1.29 is 4.74 Å². The van der Waals surface area contributed by atoms with Crippen LogP contribution in [0.1, 0.15) is 12.0 Å². The summed E-state index contributed by atoms with van der Waals surface area (Å²) in [6.45, 7) is 1.11. The summed E-state index contributed by atoms with van der Waals surface area (Å²) in [5.41, 5.74) is 1.32. The average molecular weight is 257 g/mol. The van der Waals surface area contributed by atoms with Crippen molar-refractivity contribution in [3.63, 3.8) is 0 Å². The van der Waals surface area contributed by atoms with Gasteiger partial charge in [0, 0.05) is 12.4 Å². The van der Waals surface area contributed by atoms with Gasteiger partial charge in [-0.3, -0.25) is 0 Å². The van der Waals surface area contributed by atoms with E-state index in [0.717, 1.165) is 25.1 Å². The standard InChI is InChI=1S/C15H19N3O/c1-18(2)12-3-5-13-6-8-14(9-7-13)19-15-16-10-4-11-17-15/h4,6-11H,3,5,12H2,1-2H3. The second-order valence-electron chi connectivity index (χ2n) is 4.68. The third kappa shape index (κ3) is 4.67. The van der Waals surface area contributed by atoms with Crippen molar-refractivity contribution in [3.05, 3.63) is 48.3 Å². The number of hydrogen-bond acceptors (Lipinski definition) is 4. The van der Waals surface area contributed by atoms with Gasteiger partial charge in [-0.15, -0.1) is 0 Å². The van der Waals surface area contributed by atoms with Crippen LogP contribution < -0.4 is 4.74 Å². The number of benzene rings is 1. The van der Waals surface area contributed by atoms with Gasteiger partial charge in [0.2, 0.25) is 0 Å². The maximum atomic E-state index is 5.55. The Morgan fingerprint density at radius 1 is 1.05 bits per heavy atom. The molecular formula is C15H19N3O. The molecule has 0 fully saturated rings. The monoisotopic (exact) mass is 257 g/mol. The maximum absolute atomic E-state index is 5.55. The summed E-state index contributed by atoms with van der Waals surface area (Å²) in [5, 5.41) is 0. The normalized spacial score (nSPS) is 10.7. The SMILES string of the molecule is CN(C)CCCc1ccc(Oc2ncccn2)cc1. The molecule has 0 saturated heterocycles. The molecule has 0 aliphatic carbocycles. The van der Waals surface area contributed by atoms with Gasteiger partial charge in [0.15, 0.2) is 0 Å². The topological polar surface area (TPSA) is 38.2 Å². The Hall–Kier alpha value is -1.94. The zero-order valence-electron chi connectivity index (χ0n) is 11.4. The van der Waals surface area contributed by atoms with E-state index in [-0.39, 0.29) is 0 Å². The molecule has 100 valence electrons. The first-order chi connectivity index (χ1) is 9.24. The summed E-state index contributed by atoms with van der Waals surface area (Å²) in [7, 11) is 4.19. The van der Waals surface area contributed by atoms with Crippen LogP contribution in [0.4, 0.5) is 0 Å². The zero-order chi connectivity index (χ0) is 13.5. The van der Waals surface area contributed by atoms with Crippen LogP contribution in [-0.2, 0) is 6.42 Å². The first-order valence-electron chi connectivity index (χ1n) is 6.42.